The number of thiophene rings is 1. The number of nitrogens with one attached hydrogen (secondary N) is 2. The number of rotatable bonds is 6. The predicted molar refractivity (Wildman–Crippen MR) is 112 cm³/mol. The van der Waals surface area contributed by atoms with E-state index in [2.05, 4.69) is 15.6 Å². The van der Waals surface area contributed by atoms with E-state index in [0.717, 1.165) is 15.4 Å². The van der Waals surface area contributed by atoms with Crippen molar-refractivity contribution in [3.63, 3.8) is 0 Å². The summed E-state index contributed by atoms with van der Waals surface area (Å²) in [6.07, 6.45) is 2.54. The molecule has 2 aromatic heterocycles. The molecule has 2 N–H and O–H groups in total. The Morgan fingerprint density at radius 2 is 2.11 bits per heavy atom. The first-order chi connectivity index (χ1) is 13.4. The van der Waals surface area contributed by atoms with Gasteiger partial charge in [-0.2, -0.15) is 0 Å². The van der Waals surface area contributed by atoms with Crippen molar-refractivity contribution >= 4 is 57.3 Å². The summed E-state index contributed by atoms with van der Waals surface area (Å²) in [6.45, 7) is 1.94. The zero-order valence-electron chi connectivity index (χ0n) is 14.7. The van der Waals surface area contributed by atoms with Crippen LogP contribution in [0.1, 0.15) is 17.4 Å². The van der Waals surface area contributed by atoms with E-state index in [-0.39, 0.29) is 16.5 Å². The molecule has 0 unspecified atom stereocenters. The van der Waals surface area contributed by atoms with E-state index < -0.39 is 11.7 Å². The molecule has 0 atom stereocenters. The molecule has 0 fully saturated rings. The summed E-state index contributed by atoms with van der Waals surface area (Å²) in [6, 6.07) is 8.17. The number of nitrogens with zero attached hydrogens (tertiary/aromatic N) is 1. The van der Waals surface area contributed by atoms with Crippen LogP contribution >= 0.6 is 34.3 Å². The molecule has 9 heteroatoms. The highest BCUT2D eigenvalue weighted by Crippen LogP contribution is 2.31. The van der Waals surface area contributed by atoms with Crippen LogP contribution in [0.5, 0.6) is 0 Å². The number of amides is 2. The van der Waals surface area contributed by atoms with Crippen molar-refractivity contribution in [2.75, 3.05) is 5.32 Å². The van der Waals surface area contributed by atoms with E-state index in [1.54, 1.807) is 6.07 Å². The first-order valence-corrected chi connectivity index (χ1v) is 10.2. The van der Waals surface area contributed by atoms with E-state index in [1.165, 1.54) is 53.9 Å². The summed E-state index contributed by atoms with van der Waals surface area (Å²) < 4.78 is 13.7. The van der Waals surface area contributed by atoms with Gasteiger partial charge >= 0.3 is 0 Å². The van der Waals surface area contributed by atoms with E-state index in [4.69, 9.17) is 11.6 Å². The third-order valence-corrected chi connectivity index (χ3v) is 5.76. The Bertz CT molecular complexity index is 1030. The van der Waals surface area contributed by atoms with Gasteiger partial charge in [0.1, 0.15) is 5.82 Å². The first kappa shape index (κ1) is 20.2. The Morgan fingerprint density at radius 1 is 1.29 bits per heavy atom. The number of anilines is 1. The molecule has 5 nitrogen and oxygen atoms in total. The minimum atomic E-state index is -0.499. The van der Waals surface area contributed by atoms with Gasteiger partial charge in [0.15, 0.2) is 5.13 Å². The summed E-state index contributed by atoms with van der Waals surface area (Å²) in [5.74, 6) is -1.02. The molecule has 2 amide bonds. The maximum Gasteiger partial charge on any atom is 0.250 e. The maximum atomic E-state index is 13.7. The van der Waals surface area contributed by atoms with Gasteiger partial charge in [-0.3, -0.25) is 14.9 Å². The van der Waals surface area contributed by atoms with Crippen molar-refractivity contribution in [1.29, 1.82) is 0 Å². The zero-order valence-corrected chi connectivity index (χ0v) is 17.1. The van der Waals surface area contributed by atoms with Gasteiger partial charge in [0, 0.05) is 28.8 Å². The normalized spacial score (nSPS) is 11.0. The minimum Gasteiger partial charge on any atom is -0.351 e. The van der Waals surface area contributed by atoms with Crippen LogP contribution in [0, 0.1) is 5.82 Å². The number of carbonyl (C=O) groups is 2. The molecule has 0 saturated heterocycles. The van der Waals surface area contributed by atoms with Gasteiger partial charge in [0.2, 0.25) is 11.8 Å². The Kier molecular flexibility index (Phi) is 6.56. The summed E-state index contributed by atoms with van der Waals surface area (Å²) in [4.78, 5) is 29.4. The van der Waals surface area contributed by atoms with Crippen LogP contribution in [0.25, 0.3) is 16.6 Å². The lowest BCUT2D eigenvalue weighted by atomic mass is 10.2. The smallest absolute Gasteiger partial charge is 0.250 e. The van der Waals surface area contributed by atoms with Crippen molar-refractivity contribution < 1.29 is 14.0 Å². The van der Waals surface area contributed by atoms with Gasteiger partial charge in [0.05, 0.1) is 22.1 Å². The molecule has 2 heterocycles. The van der Waals surface area contributed by atoms with E-state index in [9.17, 15) is 14.0 Å². The third-order valence-electron chi connectivity index (χ3n) is 3.56. The van der Waals surface area contributed by atoms with Crippen molar-refractivity contribution in [2.45, 2.75) is 13.5 Å². The highest BCUT2D eigenvalue weighted by molar-refractivity contribution is 7.17. The Hall–Kier alpha value is -2.55. The van der Waals surface area contributed by atoms with Crippen LogP contribution in [-0.4, -0.2) is 16.8 Å². The predicted octanol–water partition coefficient (Wildman–Crippen LogP) is 4.95. The molecule has 0 aliphatic carbocycles. The third kappa shape index (κ3) is 5.25. The number of carbonyl (C=O) groups excluding carboxylic acids is 2. The number of halogens is 2. The Balaban J connectivity index is 1.63. The van der Waals surface area contributed by atoms with Crippen molar-refractivity contribution in [3.05, 3.63) is 63.1 Å². The van der Waals surface area contributed by atoms with Crippen LogP contribution < -0.4 is 10.6 Å². The molecule has 144 valence electrons. The molecule has 0 aliphatic rings. The Labute approximate surface area is 173 Å². The standard InChI is InChI=1S/C19H15ClFN3O2S2/c1-11(25)22-9-12-5-7-17(28-12)16-10-27-19(23-16)24-18(26)8-6-13-14(20)3-2-4-15(13)21/h2-8,10H,9H2,1H3,(H,22,25)(H,23,24,26)/b8-6+. The van der Waals surface area contributed by atoms with Gasteiger partial charge in [0.25, 0.3) is 0 Å². The topological polar surface area (TPSA) is 71.1 Å². The summed E-state index contributed by atoms with van der Waals surface area (Å²) in [7, 11) is 0. The zero-order chi connectivity index (χ0) is 20.1. The van der Waals surface area contributed by atoms with E-state index >= 15 is 0 Å². The molecule has 0 aliphatic heterocycles. The number of hydrogen-bond acceptors (Lipinski definition) is 5. The van der Waals surface area contributed by atoms with Gasteiger partial charge < -0.3 is 5.32 Å². The molecule has 0 radical (unpaired) electrons. The number of aromatic nitrogens is 1. The average Bonchev–Trinajstić information content (AvgIpc) is 3.28. The summed E-state index contributed by atoms with van der Waals surface area (Å²) in [5.41, 5.74) is 0.893. The van der Waals surface area contributed by atoms with Crippen molar-refractivity contribution in [1.82, 2.24) is 10.3 Å². The largest absolute Gasteiger partial charge is 0.351 e. The number of benzene rings is 1. The monoisotopic (exact) mass is 435 g/mol. The quantitative estimate of drug-likeness (QED) is 0.538. The van der Waals surface area contributed by atoms with Gasteiger partial charge in [-0.15, -0.1) is 22.7 Å². The van der Waals surface area contributed by atoms with E-state index in [0.29, 0.717) is 11.7 Å². The van der Waals surface area contributed by atoms with Crippen molar-refractivity contribution in [2.24, 2.45) is 0 Å². The molecule has 0 bridgehead atoms. The molecule has 0 saturated carbocycles. The number of thiazole rings is 1. The van der Waals surface area contributed by atoms with Gasteiger partial charge in [-0.1, -0.05) is 17.7 Å². The highest BCUT2D eigenvalue weighted by Gasteiger charge is 2.10. The second-order valence-electron chi connectivity index (χ2n) is 5.67. The molecule has 0 spiro atoms. The second kappa shape index (κ2) is 9.09. The van der Waals surface area contributed by atoms with Gasteiger partial charge in [-0.05, 0) is 30.3 Å². The van der Waals surface area contributed by atoms with Crippen LogP contribution in [0.15, 0.2) is 41.8 Å². The molecule has 3 aromatic rings. The van der Waals surface area contributed by atoms with E-state index in [1.807, 2.05) is 17.5 Å². The summed E-state index contributed by atoms with van der Waals surface area (Å²) in [5, 5.41) is 7.89. The maximum absolute atomic E-state index is 13.7. The van der Waals surface area contributed by atoms with Crippen LogP contribution in [0.4, 0.5) is 9.52 Å². The fraction of sp³-hybridized carbons (Fsp3) is 0.105. The van der Waals surface area contributed by atoms with Crippen LogP contribution in [-0.2, 0) is 16.1 Å². The average molecular weight is 436 g/mol. The SMILES string of the molecule is CC(=O)NCc1ccc(-c2csc(NC(=O)/C=C/c3c(F)cccc3Cl)n2)s1. The molecule has 1 aromatic carbocycles. The lowest BCUT2D eigenvalue weighted by Gasteiger charge is -2.00. The van der Waals surface area contributed by atoms with Crippen LogP contribution in [0.2, 0.25) is 5.02 Å². The minimum absolute atomic E-state index is 0.0849. The van der Waals surface area contributed by atoms with Crippen molar-refractivity contribution in [3.8, 4) is 10.6 Å². The van der Waals surface area contributed by atoms with Crippen LogP contribution in [0.3, 0.4) is 0 Å². The Morgan fingerprint density at radius 3 is 2.86 bits per heavy atom. The lowest BCUT2D eigenvalue weighted by molar-refractivity contribution is -0.119. The molecular weight excluding hydrogens is 421 g/mol. The summed E-state index contributed by atoms with van der Waals surface area (Å²) >= 11 is 8.74. The second-order valence-corrected chi connectivity index (χ2v) is 8.11. The number of hydrogen-bond donors (Lipinski definition) is 2. The highest BCUT2D eigenvalue weighted by atomic mass is 35.5. The molecule has 3 rings (SSSR count). The fourth-order valence-corrected chi connectivity index (χ4v) is 4.16. The van der Waals surface area contributed by atoms with Gasteiger partial charge in [-0.25, -0.2) is 9.37 Å². The molecular formula is C19H15ClFN3O2S2. The fourth-order valence-electron chi connectivity index (χ4n) is 2.24. The first-order valence-electron chi connectivity index (χ1n) is 8.14. The molecule has 28 heavy (non-hydrogen) atoms. The lowest BCUT2D eigenvalue weighted by Crippen LogP contribution is -2.17.